The molecule has 2 aromatic carbocycles. The van der Waals surface area contributed by atoms with E-state index in [9.17, 15) is 9.59 Å². The second-order valence-corrected chi connectivity index (χ2v) is 7.33. The Morgan fingerprint density at radius 1 is 1.27 bits per heavy atom. The van der Waals surface area contributed by atoms with Gasteiger partial charge in [0.05, 0.1) is 22.8 Å². The second kappa shape index (κ2) is 6.84. The normalized spacial score (nSPS) is 15.0. The summed E-state index contributed by atoms with van der Waals surface area (Å²) in [5, 5.41) is 5.82. The lowest BCUT2D eigenvalue weighted by atomic mass is 10.1. The van der Waals surface area contributed by atoms with E-state index in [1.165, 1.54) is 0 Å². The molecule has 0 fully saturated rings. The van der Waals surface area contributed by atoms with Crippen LogP contribution in [0.1, 0.15) is 35.6 Å². The van der Waals surface area contributed by atoms with Crippen molar-refractivity contribution in [1.82, 2.24) is 15.3 Å². The molecule has 0 spiro atoms. The van der Waals surface area contributed by atoms with Gasteiger partial charge in [0.25, 0.3) is 5.91 Å². The first-order valence-corrected chi connectivity index (χ1v) is 9.41. The Hall–Kier alpha value is -2.80. The quantitative estimate of drug-likeness (QED) is 0.662. The van der Waals surface area contributed by atoms with Crippen LogP contribution in [0.15, 0.2) is 47.4 Å². The van der Waals surface area contributed by atoms with Gasteiger partial charge in [-0.15, -0.1) is 11.8 Å². The van der Waals surface area contributed by atoms with Crippen LogP contribution in [0.5, 0.6) is 0 Å². The molecule has 1 aliphatic heterocycles. The number of hydrogen-bond donors (Lipinski definition) is 3. The van der Waals surface area contributed by atoms with Crippen LogP contribution in [-0.2, 0) is 4.79 Å². The fourth-order valence-electron chi connectivity index (χ4n) is 2.89. The molecule has 0 unspecified atom stereocenters. The Balaban J connectivity index is 1.53. The first-order valence-electron chi connectivity index (χ1n) is 8.42. The average Bonchev–Trinajstić information content (AvgIpc) is 2.98. The molecule has 6 nitrogen and oxygen atoms in total. The van der Waals surface area contributed by atoms with Gasteiger partial charge in [-0.3, -0.25) is 9.59 Å². The highest BCUT2D eigenvalue weighted by Gasteiger charge is 2.18. The number of nitrogens with one attached hydrogen (secondary N) is 3. The van der Waals surface area contributed by atoms with Crippen LogP contribution in [0.4, 0.5) is 5.69 Å². The van der Waals surface area contributed by atoms with Gasteiger partial charge < -0.3 is 15.6 Å². The summed E-state index contributed by atoms with van der Waals surface area (Å²) in [4.78, 5) is 33.1. The summed E-state index contributed by atoms with van der Waals surface area (Å²) in [6, 6.07) is 12.9. The van der Waals surface area contributed by atoms with Gasteiger partial charge in [-0.1, -0.05) is 12.1 Å². The second-order valence-electron chi connectivity index (χ2n) is 6.19. The highest BCUT2D eigenvalue weighted by molar-refractivity contribution is 7.99. The maximum atomic E-state index is 12.6. The summed E-state index contributed by atoms with van der Waals surface area (Å²) in [5.41, 5.74) is 3.01. The number of fused-ring (bicyclic) bond motifs is 2. The Kier molecular flexibility index (Phi) is 4.38. The van der Waals surface area contributed by atoms with E-state index in [-0.39, 0.29) is 17.9 Å². The summed E-state index contributed by atoms with van der Waals surface area (Å²) in [5.74, 6) is 1.22. The van der Waals surface area contributed by atoms with Crippen molar-refractivity contribution in [3.63, 3.8) is 0 Å². The zero-order chi connectivity index (χ0) is 18.1. The maximum absolute atomic E-state index is 12.6. The molecule has 132 valence electrons. The number of imidazole rings is 1. The summed E-state index contributed by atoms with van der Waals surface area (Å²) in [7, 11) is 0. The maximum Gasteiger partial charge on any atom is 0.251 e. The van der Waals surface area contributed by atoms with Crippen LogP contribution in [0, 0.1) is 0 Å². The SMILES string of the molecule is C[C@H](NC(=O)c1ccc2c(c1)NC(=O)CCS2)c1nc2ccccc2[nH]1. The average molecular weight is 366 g/mol. The number of rotatable bonds is 3. The van der Waals surface area contributed by atoms with Crippen molar-refractivity contribution >= 4 is 40.3 Å². The lowest BCUT2D eigenvalue weighted by molar-refractivity contribution is -0.115. The molecule has 3 N–H and O–H groups in total. The lowest BCUT2D eigenvalue weighted by Crippen LogP contribution is -2.27. The number of H-pyrrole nitrogens is 1. The molecule has 4 rings (SSSR count). The predicted octanol–water partition coefficient (Wildman–Crippen LogP) is 3.49. The van der Waals surface area contributed by atoms with Crippen LogP contribution in [-0.4, -0.2) is 27.5 Å². The number of thioether (sulfide) groups is 1. The van der Waals surface area contributed by atoms with Gasteiger partial charge in [-0.2, -0.15) is 0 Å². The third kappa shape index (κ3) is 3.30. The minimum atomic E-state index is -0.266. The Morgan fingerprint density at radius 2 is 2.12 bits per heavy atom. The van der Waals surface area contributed by atoms with E-state index >= 15 is 0 Å². The number of aromatic nitrogens is 2. The van der Waals surface area contributed by atoms with Gasteiger partial charge in [0, 0.05) is 22.6 Å². The molecule has 2 amide bonds. The van der Waals surface area contributed by atoms with Crippen molar-refractivity contribution in [2.45, 2.75) is 24.3 Å². The summed E-state index contributed by atoms with van der Waals surface area (Å²) < 4.78 is 0. The monoisotopic (exact) mass is 366 g/mol. The van der Waals surface area contributed by atoms with Gasteiger partial charge in [0.1, 0.15) is 5.82 Å². The third-order valence-electron chi connectivity index (χ3n) is 4.27. The number of anilines is 1. The van der Waals surface area contributed by atoms with E-state index < -0.39 is 0 Å². The number of aromatic amines is 1. The van der Waals surface area contributed by atoms with E-state index in [1.807, 2.05) is 37.3 Å². The molecule has 0 saturated carbocycles. The number of benzene rings is 2. The first-order chi connectivity index (χ1) is 12.6. The molecule has 0 bridgehead atoms. The number of nitrogens with zero attached hydrogens (tertiary/aromatic N) is 1. The van der Waals surface area contributed by atoms with Gasteiger partial charge in [-0.25, -0.2) is 4.98 Å². The summed E-state index contributed by atoms with van der Waals surface area (Å²) in [6.45, 7) is 1.89. The molecular formula is C19H18N4O2S. The molecule has 0 saturated heterocycles. The smallest absolute Gasteiger partial charge is 0.251 e. The molecule has 0 aliphatic carbocycles. The van der Waals surface area contributed by atoms with E-state index in [0.29, 0.717) is 23.5 Å². The van der Waals surface area contributed by atoms with E-state index in [1.54, 1.807) is 23.9 Å². The topological polar surface area (TPSA) is 86.9 Å². The number of carbonyl (C=O) groups excluding carboxylic acids is 2. The van der Waals surface area contributed by atoms with Crippen molar-refractivity contribution in [2.24, 2.45) is 0 Å². The van der Waals surface area contributed by atoms with E-state index in [0.717, 1.165) is 21.7 Å². The van der Waals surface area contributed by atoms with Crippen molar-refractivity contribution < 1.29 is 9.59 Å². The van der Waals surface area contributed by atoms with Crippen LogP contribution >= 0.6 is 11.8 Å². The Morgan fingerprint density at radius 3 is 2.96 bits per heavy atom. The third-order valence-corrected chi connectivity index (χ3v) is 5.34. The molecule has 1 aromatic heterocycles. The largest absolute Gasteiger partial charge is 0.342 e. The molecule has 7 heteroatoms. The van der Waals surface area contributed by atoms with Crippen molar-refractivity contribution in [3.05, 3.63) is 53.9 Å². The Bertz CT molecular complexity index is 965. The predicted molar refractivity (Wildman–Crippen MR) is 102 cm³/mol. The molecule has 1 atom stereocenters. The van der Waals surface area contributed by atoms with Gasteiger partial charge in [-0.05, 0) is 37.3 Å². The van der Waals surface area contributed by atoms with Crippen LogP contribution < -0.4 is 10.6 Å². The van der Waals surface area contributed by atoms with Crippen molar-refractivity contribution in [1.29, 1.82) is 0 Å². The minimum absolute atomic E-state index is 0.0237. The summed E-state index contributed by atoms with van der Waals surface area (Å²) in [6.07, 6.45) is 0.476. The number of amides is 2. The molecule has 2 heterocycles. The minimum Gasteiger partial charge on any atom is -0.342 e. The standard InChI is InChI=1S/C19H18N4O2S/c1-11(18-22-13-4-2-3-5-14(13)23-18)20-19(25)12-6-7-16-15(10-12)21-17(24)8-9-26-16/h2-7,10-11H,8-9H2,1H3,(H,20,25)(H,21,24)(H,22,23)/t11-/m0/s1. The number of para-hydroxylation sites is 2. The number of carbonyl (C=O) groups is 2. The molecule has 26 heavy (non-hydrogen) atoms. The fraction of sp³-hybridized carbons (Fsp3) is 0.211. The molecular weight excluding hydrogens is 348 g/mol. The van der Waals surface area contributed by atoms with E-state index in [2.05, 4.69) is 20.6 Å². The number of hydrogen-bond acceptors (Lipinski definition) is 4. The van der Waals surface area contributed by atoms with E-state index in [4.69, 9.17) is 0 Å². The van der Waals surface area contributed by atoms with Crippen LogP contribution in [0.2, 0.25) is 0 Å². The summed E-state index contributed by atoms with van der Waals surface area (Å²) >= 11 is 1.62. The molecule has 3 aromatic rings. The van der Waals surface area contributed by atoms with Crippen LogP contribution in [0.3, 0.4) is 0 Å². The molecule has 0 radical (unpaired) electrons. The lowest BCUT2D eigenvalue weighted by Gasteiger charge is -2.13. The van der Waals surface area contributed by atoms with Gasteiger partial charge in [0.2, 0.25) is 5.91 Å². The highest BCUT2D eigenvalue weighted by atomic mass is 32.2. The zero-order valence-electron chi connectivity index (χ0n) is 14.2. The highest BCUT2D eigenvalue weighted by Crippen LogP contribution is 2.31. The zero-order valence-corrected chi connectivity index (χ0v) is 15.0. The Labute approximate surface area is 154 Å². The molecule has 1 aliphatic rings. The van der Waals surface area contributed by atoms with Crippen LogP contribution in [0.25, 0.3) is 11.0 Å². The first kappa shape index (κ1) is 16.7. The van der Waals surface area contributed by atoms with Crippen molar-refractivity contribution in [2.75, 3.05) is 11.1 Å². The fourth-order valence-corrected chi connectivity index (χ4v) is 3.82. The van der Waals surface area contributed by atoms with Gasteiger partial charge >= 0.3 is 0 Å². The van der Waals surface area contributed by atoms with Gasteiger partial charge in [0.15, 0.2) is 0 Å². The van der Waals surface area contributed by atoms with Crippen molar-refractivity contribution in [3.8, 4) is 0 Å².